The second-order valence-corrected chi connectivity index (χ2v) is 7.20. The highest BCUT2D eigenvalue weighted by atomic mass is 16.6. The third-order valence-corrected chi connectivity index (χ3v) is 5.33. The SMILES string of the molecule is O=C(Cc1ccccc1[N+](=O)[O-])Nc1nc2ccccc2n1C1CCCCC1. The van der Waals surface area contributed by atoms with Crippen molar-refractivity contribution in [3.8, 4) is 0 Å². The van der Waals surface area contributed by atoms with E-state index in [9.17, 15) is 14.9 Å². The Morgan fingerprint density at radius 1 is 1.11 bits per heavy atom. The van der Waals surface area contributed by atoms with Gasteiger partial charge in [0.15, 0.2) is 0 Å². The molecule has 0 saturated heterocycles. The Balaban J connectivity index is 1.62. The van der Waals surface area contributed by atoms with Gasteiger partial charge >= 0.3 is 0 Å². The minimum absolute atomic E-state index is 0.0431. The van der Waals surface area contributed by atoms with Crippen molar-refractivity contribution in [2.45, 2.75) is 44.6 Å². The first-order valence-corrected chi connectivity index (χ1v) is 9.62. The number of imidazole rings is 1. The highest BCUT2D eigenvalue weighted by Crippen LogP contribution is 2.34. The molecule has 7 nitrogen and oxygen atoms in total. The Bertz CT molecular complexity index is 1020. The zero-order valence-electron chi connectivity index (χ0n) is 15.5. The minimum Gasteiger partial charge on any atom is -0.307 e. The van der Waals surface area contributed by atoms with E-state index in [0.717, 1.165) is 23.9 Å². The molecule has 0 bridgehead atoms. The Morgan fingerprint density at radius 3 is 2.61 bits per heavy atom. The average molecular weight is 378 g/mol. The van der Waals surface area contributed by atoms with Crippen molar-refractivity contribution >= 4 is 28.6 Å². The third-order valence-electron chi connectivity index (χ3n) is 5.33. The molecule has 4 rings (SSSR count). The molecule has 0 aliphatic heterocycles. The fraction of sp³-hybridized carbons (Fsp3) is 0.333. The molecule has 0 unspecified atom stereocenters. The average Bonchev–Trinajstić information content (AvgIpc) is 3.06. The number of carbonyl (C=O) groups is 1. The van der Waals surface area contributed by atoms with Crippen molar-refractivity contribution in [3.05, 3.63) is 64.2 Å². The van der Waals surface area contributed by atoms with Crippen LogP contribution in [-0.2, 0) is 11.2 Å². The molecule has 1 N–H and O–H groups in total. The van der Waals surface area contributed by atoms with Crippen LogP contribution in [0, 0.1) is 10.1 Å². The highest BCUT2D eigenvalue weighted by molar-refractivity contribution is 5.93. The van der Waals surface area contributed by atoms with Crippen LogP contribution in [0.1, 0.15) is 43.7 Å². The number of aromatic nitrogens is 2. The summed E-state index contributed by atoms with van der Waals surface area (Å²) in [5, 5.41) is 14.1. The molecule has 1 fully saturated rings. The largest absolute Gasteiger partial charge is 0.307 e. The molecule has 1 aliphatic rings. The molecule has 1 saturated carbocycles. The van der Waals surface area contributed by atoms with Crippen molar-refractivity contribution in [2.75, 3.05) is 5.32 Å². The van der Waals surface area contributed by atoms with Gasteiger partial charge in [0.25, 0.3) is 5.69 Å². The maximum Gasteiger partial charge on any atom is 0.273 e. The molecule has 0 spiro atoms. The maximum absolute atomic E-state index is 12.7. The third kappa shape index (κ3) is 3.60. The van der Waals surface area contributed by atoms with E-state index in [4.69, 9.17) is 0 Å². The van der Waals surface area contributed by atoms with Gasteiger partial charge in [-0.15, -0.1) is 0 Å². The van der Waals surface area contributed by atoms with E-state index in [1.807, 2.05) is 24.3 Å². The molecule has 1 amide bonds. The number of hydrogen-bond donors (Lipinski definition) is 1. The summed E-state index contributed by atoms with van der Waals surface area (Å²) < 4.78 is 2.13. The Labute approximate surface area is 162 Å². The lowest BCUT2D eigenvalue weighted by Gasteiger charge is -2.25. The van der Waals surface area contributed by atoms with Crippen molar-refractivity contribution in [2.24, 2.45) is 0 Å². The normalized spacial score (nSPS) is 14.9. The molecule has 28 heavy (non-hydrogen) atoms. The van der Waals surface area contributed by atoms with Gasteiger partial charge in [0.05, 0.1) is 22.4 Å². The van der Waals surface area contributed by atoms with Gasteiger partial charge in [0, 0.05) is 17.7 Å². The standard InChI is InChI=1S/C21H22N4O3/c26-20(14-15-8-4-6-12-18(15)25(27)28)23-21-22-17-11-5-7-13-19(17)24(21)16-9-2-1-3-10-16/h4-8,11-13,16H,1-3,9-10,14H2,(H,22,23,26). The lowest BCUT2D eigenvalue weighted by atomic mass is 9.95. The van der Waals surface area contributed by atoms with Crippen LogP contribution in [0.4, 0.5) is 11.6 Å². The number of nitro benzene ring substituents is 1. The predicted octanol–water partition coefficient (Wildman–Crippen LogP) is 4.63. The van der Waals surface area contributed by atoms with Gasteiger partial charge in [-0.1, -0.05) is 49.6 Å². The number of nitrogens with zero attached hydrogens (tertiary/aromatic N) is 3. The lowest BCUT2D eigenvalue weighted by molar-refractivity contribution is -0.385. The molecule has 1 aliphatic carbocycles. The van der Waals surface area contributed by atoms with E-state index < -0.39 is 4.92 Å². The van der Waals surface area contributed by atoms with Gasteiger partial charge in [0.1, 0.15) is 0 Å². The first-order valence-electron chi connectivity index (χ1n) is 9.62. The Morgan fingerprint density at radius 2 is 1.82 bits per heavy atom. The fourth-order valence-corrected chi connectivity index (χ4v) is 4.02. The van der Waals surface area contributed by atoms with E-state index in [2.05, 4.69) is 14.9 Å². The Hall–Kier alpha value is -3.22. The second-order valence-electron chi connectivity index (χ2n) is 7.20. The molecule has 0 radical (unpaired) electrons. The molecule has 3 aromatic rings. The van der Waals surface area contributed by atoms with Crippen molar-refractivity contribution in [1.82, 2.24) is 9.55 Å². The number of amides is 1. The number of benzene rings is 2. The summed E-state index contributed by atoms with van der Waals surface area (Å²) in [4.78, 5) is 28.0. The number of nitro groups is 1. The van der Waals surface area contributed by atoms with E-state index >= 15 is 0 Å². The maximum atomic E-state index is 12.7. The lowest BCUT2D eigenvalue weighted by Crippen LogP contribution is -2.21. The van der Waals surface area contributed by atoms with Crippen molar-refractivity contribution < 1.29 is 9.72 Å². The quantitative estimate of drug-likeness (QED) is 0.518. The summed E-state index contributed by atoms with van der Waals surface area (Å²) in [5.41, 5.74) is 2.20. The monoisotopic (exact) mass is 378 g/mol. The van der Waals surface area contributed by atoms with Gasteiger partial charge in [-0.05, 0) is 25.0 Å². The van der Waals surface area contributed by atoms with Crippen LogP contribution in [0.25, 0.3) is 11.0 Å². The van der Waals surface area contributed by atoms with Gasteiger partial charge in [-0.25, -0.2) is 4.98 Å². The minimum atomic E-state index is -0.458. The first-order chi connectivity index (χ1) is 13.6. The second kappa shape index (κ2) is 7.80. The van der Waals surface area contributed by atoms with Crippen LogP contribution >= 0.6 is 0 Å². The fourth-order valence-electron chi connectivity index (χ4n) is 4.02. The summed E-state index contributed by atoms with van der Waals surface area (Å²) in [6.45, 7) is 0. The number of nitrogens with one attached hydrogen (secondary N) is 1. The molecule has 144 valence electrons. The summed E-state index contributed by atoms with van der Waals surface area (Å²) in [6.07, 6.45) is 5.63. The van der Waals surface area contributed by atoms with E-state index in [-0.39, 0.29) is 18.0 Å². The highest BCUT2D eigenvalue weighted by Gasteiger charge is 2.23. The molecular weight excluding hydrogens is 356 g/mol. The predicted molar refractivity (Wildman–Crippen MR) is 107 cm³/mol. The van der Waals surface area contributed by atoms with E-state index in [1.54, 1.807) is 18.2 Å². The number of anilines is 1. The first kappa shape index (κ1) is 18.2. The smallest absolute Gasteiger partial charge is 0.273 e. The van der Waals surface area contributed by atoms with Crippen LogP contribution in [-0.4, -0.2) is 20.4 Å². The van der Waals surface area contributed by atoms with Crippen LogP contribution < -0.4 is 5.32 Å². The van der Waals surface area contributed by atoms with Gasteiger partial charge < -0.3 is 4.57 Å². The molecule has 0 atom stereocenters. The van der Waals surface area contributed by atoms with Gasteiger partial charge in [-0.3, -0.25) is 20.2 Å². The number of carbonyl (C=O) groups excluding carboxylic acids is 1. The summed E-state index contributed by atoms with van der Waals surface area (Å²) in [5.74, 6) is 0.221. The summed E-state index contributed by atoms with van der Waals surface area (Å²) in [7, 11) is 0. The number of rotatable bonds is 5. The molecule has 7 heteroatoms. The van der Waals surface area contributed by atoms with Crippen LogP contribution in [0.15, 0.2) is 48.5 Å². The van der Waals surface area contributed by atoms with E-state index in [0.29, 0.717) is 17.6 Å². The number of fused-ring (bicyclic) bond motifs is 1. The summed E-state index contributed by atoms with van der Waals surface area (Å²) >= 11 is 0. The van der Waals surface area contributed by atoms with Crippen LogP contribution in [0.5, 0.6) is 0 Å². The molecule has 1 heterocycles. The van der Waals surface area contributed by atoms with Gasteiger partial charge in [0.2, 0.25) is 11.9 Å². The van der Waals surface area contributed by atoms with Crippen LogP contribution in [0.2, 0.25) is 0 Å². The van der Waals surface area contributed by atoms with Crippen molar-refractivity contribution in [3.63, 3.8) is 0 Å². The zero-order valence-corrected chi connectivity index (χ0v) is 15.5. The number of hydrogen-bond acceptors (Lipinski definition) is 4. The molecule has 1 aromatic heterocycles. The van der Waals surface area contributed by atoms with Crippen LogP contribution in [0.3, 0.4) is 0 Å². The summed E-state index contributed by atoms with van der Waals surface area (Å²) in [6, 6.07) is 14.5. The Kier molecular flexibility index (Phi) is 5.06. The van der Waals surface area contributed by atoms with E-state index in [1.165, 1.54) is 25.3 Å². The van der Waals surface area contributed by atoms with Gasteiger partial charge in [-0.2, -0.15) is 0 Å². The van der Waals surface area contributed by atoms with Crippen molar-refractivity contribution in [1.29, 1.82) is 0 Å². The zero-order chi connectivity index (χ0) is 19.5. The topological polar surface area (TPSA) is 90.1 Å². The molecular formula is C21H22N4O3. The molecule has 2 aromatic carbocycles. The number of para-hydroxylation sites is 3.